The second-order valence-electron chi connectivity index (χ2n) is 3.89. The summed E-state index contributed by atoms with van der Waals surface area (Å²) in [6.07, 6.45) is 0. The minimum Gasteiger partial charge on any atom is -0.497 e. The summed E-state index contributed by atoms with van der Waals surface area (Å²) in [7, 11) is 1.58. The van der Waals surface area contributed by atoms with Gasteiger partial charge in [0.2, 0.25) is 0 Å². The van der Waals surface area contributed by atoms with Crippen molar-refractivity contribution in [3.05, 3.63) is 62.8 Å². The fraction of sp³-hybridized carbons (Fsp3) is 0.143. The molecule has 0 aliphatic carbocycles. The Kier molecular flexibility index (Phi) is 4.71. The van der Waals surface area contributed by atoms with Crippen LogP contribution in [0.25, 0.3) is 0 Å². The standard InChI is InChI=1S/C14H10BrCl2FO/c1-19-8-5-6-9(10(15)7-8)14(17)13-11(16)3-2-4-12(13)18/h2-7,14H,1H3. The van der Waals surface area contributed by atoms with Crippen LogP contribution in [0.1, 0.15) is 16.5 Å². The maximum Gasteiger partial charge on any atom is 0.129 e. The van der Waals surface area contributed by atoms with Gasteiger partial charge >= 0.3 is 0 Å². The zero-order valence-corrected chi connectivity index (χ0v) is 13.1. The van der Waals surface area contributed by atoms with Crippen LogP contribution in [-0.4, -0.2) is 7.11 Å². The van der Waals surface area contributed by atoms with E-state index in [4.69, 9.17) is 27.9 Å². The first-order valence-corrected chi connectivity index (χ1v) is 7.06. The molecule has 0 aliphatic rings. The molecule has 19 heavy (non-hydrogen) atoms. The Hall–Kier alpha value is -0.770. The fourth-order valence-electron chi connectivity index (χ4n) is 1.75. The maximum absolute atomic E-state index is 13.9. The van der Waals surface area contributed by atoms with E-state index in [1.165, 1.54) is 6.07 Å². The first-order valence-electron chi connectivity index (χ1n) is 5.46. The average molecular weight is 364 g/mol. The molecule has 0 saturated heterocycles. The second-order valence-corrected chi connectivity index (χ2v) is 5.58. The van der Waals surface area contributed by atoms with Crippen LogP contribution in [-0.2, 0) is 0 Å². The predicted octanol–water partition coefficient (Wildman–Crippen LogP) is 5.58. The van der Waals surface area contributed by atoms with Gasteiger partial charge in [0.05, 0.1) is 12.5 Å². The number of rotatable bonds is 3. The predicted molar refractivity (Wildman–Crippen MR) is 79.8 cm³/mol. The monoisotopic (exact) mass is 362 g/mol. The lowest BCUT2D eigenvalue weighted by Crippen LogP contribution is -1.99. The number of methoxy groups -OCH3 is 1. The third kappa shape index (κ3) is 3.04. The van der Waals surface area contributed by atoms with Crippen LogP contribution in [0.2, 0.25) is 5.02 Å². The Labute approximate surface area is 129 Å². The summed E-state index contributed by atoms with van der Waals surface area (Å²) in [5.41, 5.74) is 1.01. The topological polar surface area (TPSA) is 9.23 Å². The van der Waals surface area contributed by atoms with E-state index in [1.54, 1.807) is 37.4 Å². The third-order valence-electron chi connectivity index (χ3n) is 2.73. The molecule has 0 saturated carbocycles. The molecule has 1 unspecified atom stereocenters. The Morgan fingerprint density at radius 1 is 1.26 bits per heavy atom. The fourth-order valence-corrected chi connectivity index (χ4v) is 3.21. The molecule has 0 aliphatic heterocycles. The van der Waals surface area contributed by atoms with Crippen molar-refractivity contribution in [1.82, 2.24) is 0 Å². The van der Waals surface area contributed by atoms with E-state index in [-0.39, 0.29) is 5.56 Å². The van der Waals surface area contributed by atoms with Crippen LogP contribution in [0, 0.1) is 5.82 Å². The molecule has 100 valence electrons. The van der Waals surface area contributed by atoms with E-state index >= 15 is 0 Å². The van der Waals surface area contributed by atoms with Crippen molar-refractivity contribution >= 4 is 39.1 Å². The minimum atomic E-state index is -0.672. The molecule has 0 fully saturated rings. The molecule has 0 radical (unpaired) electrons. The Bertz CT molecular complexity index is 584. The third-order valence-corrected chi connectivity index (χ3v) is 4.20. The van der Waals surface area contributed by atoms with Gasteiger partial charge < -0.3 is 4.74 Å². The molecule has 1 nitrogen and oxygen atoms in total. The molecule has 2 aromatic carbocycles. The van der Waals surface area contributed by atoms with Crippen LogP contribution in [0.3, 0.4) is 0 Å². The molecule has 2 aromatic rings. The van der Waals surface area contributed by atoms with E-state index in [2.05, 4.69) is 15.9 Å². The van der Waals surface area contributed by atoms with Crippen molar-refractivity contribution in [2.75, 3.05) is 7.11 Å². The molecule has 0 aromatic heterocycles. The quantitative estimate of drug-likeness (QED) is 0.647. The van der Waals surface area contributed by atoms with Gasteiger partial charge in [-0.15, -0.1) is 11.6 Å². The molecule has 1 atom stereocenters. The van der Waals surface area contributed by atoms with Gasteiger partial charge in [-0.1, -0.05) is 39.7 Å². The molecule has 0 bridgehead atoms. The molecule has 0 spiro atoms. The van der Waals surface area contributed by atoms with Crippen LogP contribution < -0.4 is 4.74 Å². The van der Waals surface area contributed by atoms with Gasteiger partial charge in [0.25, 0.3) is 0 Å². The van der Waals surface area contributed by atoms with Crippen molar-refractivity contribution in [3.8, 4) is 5.75 Å². The number of benzene rings is 2. The average Bonchev–Trinajstić information content (AvgIpc) is 2.38. The number of hydrogen-bond acceptors (Lipinski definition) is 1. The molecule has 0 amide bonds. The Balaban J connectivity index is 2.47. The highest BCUT2D eigenvalue weighted by Crippen LogP contribution is 2.39. The van der Waals surface area contributed by atoms with Crippen LogP contribution in [0.15, 0.2) is 40.9 Å². The minimum absolute atomic E-state index is 0.275. The van der Waals surface area contributed by atoms with E-state index in [0.29, 0.717) is 10.8 Å². The van der Waals surface area contributed by atoms with E-state index in [0.717, 1.165) is 10.0 Å². The number of halogens is 4. The second kappa shape index (κ2) is 6.12. The highest BCUT2D eigenvalue weighted by molar-refractivity contribution is 9.10. The summed E-state index contributed by atoms with van der Waals surface area (Å²) in [6, 6.07) is 9.83. The molecular weight excluding hydrogens is 354 g/mol. The first kappa shape index (κ1) is 14.6. The van der Waals surface area contributed by atoms with Gasteiger partial charge in [0.15, 0.2) is 0 Å². The molecular formula is C14H10BrCl2FO. The van der Waals surface area contributed by atoms with Crippen molar-refractivity contribution in [2.24, 2.45) is 0 Å². The molecule has 0 heterocycles. The number of hydrogen-bond donors (Lipinski definition) is 0. The number of ether oxygens (including phenoxy) is 1. The highest BCUT2D eigenvalue weighted by atomic mass is 79.9. The SMILES string of the molecule is COc1ccc(C(Cl)c2c(F)cccc2Cl)c(Br)c1. The van der Waals surface area contributed by atoms with Crippen molar-refractivity contribution in [2.45, 2.75) is 5.38 Å². The van der Waals surface area contributed by atoms with Gasteiger partial charge in [-0.3, -0.25) is 0 Å². The van der Waals surface area contributed by atoms with Gasteiger partial charge in [0.1, 0.15) is 11.6 Å². The zero-order valence-electron chi connectivity index (χ0n) is 9.96. The smallest absolute Gasteiger partial charge is 0.129 e. The maximum atomic E-state index is 13.9. The first-order chi connectivity index (χ1) is 9.04. The summed E-state index contributed by atoms with van der Waals surface area (Å²) in [4.78, 5) is 0. The van der Waals surface area contributed by atoms with E-state index in [1.807, 2.05) is 0 Å². The largest absolute Gasteiger partial charge is 0.497 e. The lowest BCUT2D eigenvalue weighted by Gasteiger charge is -2.15. The Morgan fingerprint density at radius 3 is 2.58 bits per heavy atom. The van der Waals surface area contributed by atoms with E-state index < -0.39 is 11.2 Å². The summed E-state index contributed by atoms with van der Waals surface area (Å²) in [5, 5.41) is -0.364. The van der Waals surface area contributed by atoms with Crippen LogP contribution in [0.5, 0.6) is 5.75 Å². The van der Waals surface area contributed by atoms with Gasteiger partial charge in [-0.2, -0.15) is 0 Å². The summed E-state index contributed by atoms with van der Waals surface area (Å²) < 4.78 is 19.7. The zero-order chi connectivity index (χ0) is 14.0. The van der Waals surface area contributed by atoms with Gasteiger partial charge in [0, 0.05) is 15.1 Å². The lowest BCUT2D eigenvalue weighted by molar-refractivity contribution is 0.414. The highest BCUT2D eigenvalue weighted by Gasteiger charge is 2.20. The van der Waals surface area contributed by atoms with Crippen molar-refractivity contribution in [3.63, 3.8) is 0 Å². The normalized spacial score (nSPS) is 12.3. The van der Waals surface area contributed by atoms with E-state index in [9.17, 15) is 4.39 Å². The summed E-state index contributed by atoms with van der Waals surface area (Å²) in [6.45, 7) is 0. The molecule has 2 rings (SSSR count). The van der Waals surface area contributed by atoms with Crippen LogP contribution in [0.4, 0.5) is 4.39 Å². The Morgan fingerprint density at radius 2 is 2.00 bits per heavy atom. The van der Waals surface area contributed by atoms with Gasteiger partial charge in [-0.25, -0.2) is 4.39 Å². The van der Waals surface area contributed by atoms with Gasteiger partial charge in [-0.05, 0) is 29.8 Å². The summed E-state index contributed by atoms with van der Waals surface area (Å²) in [5.74, 6) is 0.273. The summed E-state index contributed by atoms with van der Waals surface area (Å²) >= 11 is 15.8. The van der Waals surface area contributed by atoms with Crippen molar-refractivity contribution < 1.29 is 9.13 Å². The van der Waals surface area contributed by atoms with Crippen LogP contribution >= 0.6 is 39.1 Å². The lowest BCUT2D eigenvalue weighted by atomic mass is 10.0. The molecule has 5 heteroatoms. The number of alkyl halides is 1. The van der Waals surface area contributed by atoms with Crippen molar-refractivity contribution in [1.29, 1.82) is 0 Å². The molecule has 0 N–H and O–H groups in total.